The molecule has 6 heteroatoms. The van der Waals surface area contributed by atoms with Crippen molar-refractivity contribution in [1.82, 2.24) is 0 Å². The molecule has 1 saturated carbocycles. The number of nitrogens with zero attached hydrogens (tertiary/aromatic N) is 1. The van der Waals surface area contributed by atoms with Crippen molar-refractivity contribution < 1.29 is 17.9 Å². The van der Waals surface area contributed by atoms with Gasteiger partial charge in [-0.15, -0.1) is 0 Å². The Balaban J connectivity index is 1.74. The van der Waals surface area contributed by atoms with Gasteiger partial charge in [-0.2, -0.15) is 13.2 Å². The van der Waals surface area contributed by atoms with Crippen molar-refractivity contribution in [2.45, 2.75) is 37.6 Å². The molecule has 1 aromatic rings. The molecule has 1 heterocycles. The van der Waals surface area contributed by atoms with Gasteiger partial charge in [0.25, 0.3) is 0 Å². The fourth-order valence-corrected chi connectivity index (χ4v) is 2.95. The minimum absolute atomic E-state index is 0.0181. The van der Waals surface area contributed by atoms with E-state index in [9.17, 15) is 13.2 Å². The number of hydrogen-bond donors (Lipinski definition) is 1. The van der Waals surface area contributed by atoms with E-state index in [-0.39, 0.29) is 12.1 Å². The Morgan fingerprint density at radius 2 is 1.90 bits per heavy atom. The number of fused-ring (bicyclic) bond motifs is 1. The van der Waals surface area contributed by atoms with E-state index in [4.69, 9.17) is 10.5 Å². The highest BCUT2D eigenvalue weighted by molar-refractivity contribution is 5.95. The SMILES string of the molecule is NCC1CCC2N=C(c3ccc(C(F)(F)F)cc3)OC2C1. The van der Waals surface area contributed by atoms with Crippen LogP contribution in [-0.2, 0) is 10.9 Å². The highest BCUT2D eigenvalue weighted by atomic mass is 19.4. The highest BCUT2D eigenvalue weighted by Crippen LogP contribution is 2.34. The Morgan fingerprint density at radius 3 is 2.52 bits per heavy atom. The number of hydrogen-bond acceptors (Lipinski definition) is 3. The first kappa shape index (κ1) is 14.4. The number of halogens is 3. The summed E-state index contributed by atoms with van der Waals surface area (Å²) in [6.45, 7) is 0.641. The second-order valence-corrected chi connectivity index (χ2v) is 5.65. The number of benzene rings is 1. The fraction of sp³-hybridized carbons (Fsp3) is 0.533. The Morgan fingerprint density at radius 1 is 1.19 bits per heavy atom. The summed E-state index contributed by atoms with van der Waals surface area (Å²) < 4.78 is 43.5. The monoisotopic (exact) mass is 298 g/mol. The molecule has 1 aliphatic carbocycles. The molecule has 21 heavy (non-hydrogen) atoms. The molecule has 114 valence electrons. The molecular weight excluding hydrogens is 281 g/mol. The van der Waals surface area contributed by atoms with Gasteiger partial charge in [-0.1, -0.05) is 0 Å². The van der Waals surface area contributed by atoms with Gasteiger partial charge in [0.15, 0.2) is 0 Å². The molecule has 0 saturated heterocycles. The maximum atomic E-state index is 12.5. The zero-order valence-electron chi connectivity index (χ0n) is 11.4. The molecule has 0 spiro atoms. The van der Waals surface area contributed by atoms with Crippen molar-refractivity contribution in [3.05, 3.63) is 35.4 Å². The predicted octanol–water partition coefficient (Wildman–Crippen LogP) is 2.98. The van der Waals surface area contributed by atoms with Crippen molar-refractivity contribution in [1.29, 1.82) is 0 Å². The number of nitrogens with two attached hydrogens (primary N) is 1. The Hall–Kier alpha value is -1.56. The third-order valence-corrected chi connectivity index (χ3v) is 4.20. The molecule has 2 aliphatic rings. The van der Waals surface area contributed by atoms with Gasteiger partial charge in [0, 0.05) is 5.56 Å². The van der Waals surface area contributed by atoms with Crippen LogP contribution < -0.4 is 5.73 Å². The van der Waals surface area contributed by atoms with Crippen molar-refractivity contribution >= 4 is 5.90 Å². The summed E-state index contributed by atoms with van der Waals surface area (Å²) in [6, 6.07) is 5.07. The zero-order valence-corrected chi connectivity index (χ0v) is 11.4. The van der Waals surface area contributed by atoms with Gasteiger partial charge in [0.05, 0.1) is 11.6 Å². The van der Waals surface area contributed by atoms with E-state index >= 15 is 0 Å². The van der Waals surface area contributed by atoms with Gasteiger partial charge in [-0.3, -0.25) is 0 Å². The van der Waals surface area contributed by atoms with Crippen molar-refractivity contribution in [3.8, 4) is 0 Å². The molecule has 0 aromatic heterocycles. The first-order chi connectivity index (χ1) is 9.97. The average molecular weight is 298 g/mol. The van der Waals surface area contributed by atoms with Crippen LogP contribution in [0.4, 0.5) is 13.2 Å². The van der Waals surface area contributed by atoms with Gasteiger partial charge in [-0.05, 0) is 56.0 Å². The van der Waals surface area contributed by atoms with Crippen LogP contribution in [0, 0.1) is 5.92 Å². The Bertz CT molecular complexity index is 539. The molecule has 1 fully saturated rings. The van der Waals surface area contributed by atoms with Gasteiger partial charge >= 0.3 is 6.18 Å². The number of ether oxygens (including phenoxy) is 1. The van der Waals surface area contributed by atoms with Crippen molar-refractivity contribution in [2.24, 2.45) is 16.6 Å². The van der Waals surface area contributed by atoms with Gasteiger partial charge in [-0.25, -0.2) is 4.99 Å². The zero-order chi connectivity index (χ0) is 15.0. The first-order valence-corrected chi connectivity index (χ1v) is 7.09. The van der Waals surface area contributed by atoms with Crippen LogP contribution in [0.2, 0.25) is 0 Å². The summed E-state index contributed by atoms with van der Waals surface area (Å²) in [5.74, 6) is 0.907. The number of alkyl halides is 3. The van der Waals surface area contributed by atoms with Crippen LogP contribution in [0.5, 0.6) is 0 Å². The van der Waals surface area contributed by atoms with Crippen LogP contribution >= 0.6 is 0 Å². The minimum atomic E-state index is -4.32. The van der Waals surface area contributed by atoms with Gasteiger partial charge < -0.3 is 10.5 Å². The highest BCUT2D eigenvalue weighted by Gasteiger charge is 2.37. The van der Waals surface area contributed by atoms with Crippen molar-refractivity contribution in [2.75, 3.05) is 6.54 Å². The molecule has 1 aromatic carbocycles. The second-order valence-electron chi connectivity index (χ2n) is 5.65. The van der Waals surface area contributed by atoms with Gasteiger partial charge in [0.2, 0.25) is 5.90 Å². The lowest BCUT2D eigenvalue weighted by atomic mass is 9.84. The summed E-state index contributed by atoms with van der Waals surface area (Å²) in [4.78, 5) is 4.51. The van der Waals surface area contributed by atoms with E-state index < -0.39 is 11.7 Å². The van der Waals surface area contributed by atoms with E-state index in [1.165, 1.54) is 12.1 Å². The topological polar surface area (TPSA) is 47.6 Å². The van der Waals surface area contributed by atoms with Crippen LogP contribution in [0.1, 0.15) is 30.4 Å². The van der Waals surface area contributed by atoms with Crippen LogP contribution in [-0.4, -0.2) is 24.6 Å². The standard InChI is InChI=1S/C15H17F3N2O/c16-15(17,18)11-4-2-10(3-5-11)14-20-12-6-1-9(8-19)7-13(12)21-14/h2-5,9,12-13H,1,6-8,19H2. The molecule has 3 atom stereocenters. The molecule has 1 aliphatic heterocycles. The Kier molecular flexibility index (Phi) is 3.65. The summed E-state index contributed by atoms with van der Waals surface area (Å²) in [6.07, 6.45) is -1.47. The third kappa shape index (κ3) is 2.90. The molecular formula is C15H17F3N2O. The maximum absolute atomic E-state index is 12.5. The molecule has 0 amide bonds. The lowest BCUT2D eigenvalue weighted by Gasteiger charge is -2.28. The van der Waals surface area contributed by atoms with Crippen LogP contribution in [0.3, 0.4) is 0 Å². The molecule has 3 nitrogen and oxygen atoms in total. The third-order valence-electron chi connectivity index (χ3n) is 4.20. The lowest BCUT2D eigenvalue weighted by Crippen LogP contribution is -2.34. The van der Waals surface area contributed by atoms with Crippen molar-refractivity contribution in [3.63, 3.8) is 0 Å². The normalized spacial score (nSPS) is 28.8. The molecule has 3 unspecified atom stereocenters. The number of rotatable bonds is 2. The van der Waals surface area contributed by atoms with Gasteiger partial charge in [0.1, 0.15) is 6.10 Å². The number of aliphatic imine (C=N–C) groups is 1. The Labute approximate surface area is 121 Å². The second kappa shape index (κ2) is 5.33. The van der Waals surface area contributed by atoms with Crippen LogP contribution in [0.25, 0.3) is 0 Å². The molecule has 0 radical (unpaired) electrons. The van der Waals surface area contributed by atoms with Crippen LogP contribution in [0.15, 0.2) is 29.3 Å². The largest absolute Gasteiger partial charge is 0.472 e. The molecule has 3 rings (SSSR count). The summed E-state index contributed by atoms with van der Waals surface area (Å²) in [7, 11) is 0. The smallest absolute Gasteiger partial charge is 0.416 e. The summed E-state index contributed by atoms with van der Waals surface area (Å²) in [5.41, 5.74) is 5.63. The molecule has 2 N–H and O–H groups in total. The molecule has 0 bridgehead atoms. The summed E-state index contributed by atoms with van der Waals surface area (Å²) in [5, 5.41) is 0. The first-order valence-electron chi connectivity index (χ1n) is 7.09. The van der Waals surface area contributed by atoms with E-state index in [0.29, 0.717) is 23.9 Å². The lowest BCUT2D eigenvalue weighted by molar-refractivity contribution is -0.137. The minimum Gasteiger partial charge on any atom is -0.472 e. The van der Waals surface area contributed by atoms with E-state index in [1.54, 1.807) is 0 Å². The quantitative estimate of drug-likeness (QED) is 0.912. The van der Waals surface area contributed by atoms with E-state index in [0.717, 1.165) is 31.4 Å². The predicted molar refractivity (Wildman–Crippen MR) is 73.0 cm³/mol. The van der Waals surface area contributed by atoms with E-state index in [1.807, 2.05) is 0 Å². The average Bonchev–Trinajstić information content (AvgIpc) is 2.89. The van der Waals surface area contributed by atoms with E-state index in [2.05, 4.69) is 4.99 Å². The maximum Gasteiger partial charge on any atom is 0.416 e. The summed E-state index contributed by atoms with van der Waals surface area (Å²) >= 11 is 0. The fourth-order valence-electron chi connectivity index (χ4n) is 2.95.